The zero-order valence-corrected chi connectivity index (χ0v) is 10.8. The fraction of sp³-hybridized carbons (Fsp3) is 0.583. The van der Waals surface area contributed by atoms with E-state index < -0.39 is 12.0 Å². The highest BCUT2D eigenvalue weighted by Crippen LogP contribution is 2.16. The molecule has 0 aliphatic rings. The Morgan fingerprint density at radius 3 is 2.69 bits per heavy atom. The highest BCUT2D eigenvalue weighted by Gasteiger charge is 2.17. The van der Waals surface area contributed by atoms with Crippen molar-refractivity contribution < 1.29 is 9.90 Å². The van der Waals surface area contributed by atoms with Gasteiger partial charge in [-0.25, -0.2) is 0 Å². The minimum absolute atomic E-state index is 0.194. The number of aryl methyl sites for hydroxylation is 1. The Hall–Kier alpha value is -0.870. The standard InChI is InChI=1S/C12H19NO2S/c1-4-11(12(14)15)13-8(2)7-10-6-5-9(3)16-10/h5-6,8,11,13H,4,7H2,1-3H3,(H,14,15). The largest absolute Gasteiger partial charge is 0.480 e. The van der Waals surface area contributed by atoms with Crippen molar-refractivity contribution in [3.05, 3.63) is 21.9 Å². The van der Waals surface area contributed by atoms with Crippen LogP contribution in [0.3, 0.4) is 0 Å². The summed E-state index contributed by atoms with van der Waals surface area (Å²) < 4.78 is 0. The molecule has 0 radical (unpaired) electrons. The summed E-state index contributed by atoms with van der Waals surface area (Å²) in [6, 6.07) is 3.97. The summed E-state index contributed by atoms with van der Waals surface area (Å²) in [7, 11) is 0. The number of rotatable bonds is 6. The minimum atomic E-state index is -0.767. The first-order valence-electron chi connectivity index (χ1n) is 5.57. The fourth-order valence-corrected chi connectivity index (χ4v) is 2.68. The molecule has 1 heterocycles. The van der Waals surface area contributed by atoms with Gasteiger partial charge in [-0.05, 0) is 38.8 Å². The van der Waals surface area contributed by atoms with Crippen LogP contribution < -0.4 is 5.32 Å². The van der Waals surface area contributed by atoms with Crippen LogP contribution in [0.1, 0.15) is 30.0 Å². The normalized spacial score (nSPS) is 14.7. The van der Waals surface area contributed by atoms with Crippen LogP contribution in [0.2, 0.25) is 0 Å². The number of hydrogen-bond donors (Lipinski definition) is 2. The minimum Gasteiger partial charge on any atom is -0.480 e. The van der Waals surface area contributed by atoms with Crippen molar-refractivity contribution in [2.24, 2.45) is 0 Å². The van der Waals surface area contributed by atoms with Crippen molar-refractivity contribution in [2.75, 3.05) is 0 Å². The quantitative estimate of drug-likeness (QED) is 0.804. The van der Waals surface area contributed by atoms with Gasteiger partial charge in [0, 0.05) is 15.8 Å². The molecule has 2 atom stereocenters. The first kappa shape index (κ1) is 13.2. The van der Waals surface area contributed by atoms with E-state index in [1.165, 1.54) is 9.75 Å². The molecule has 0 spiro atoms. The lowest BCUT2D eigenvalue weighted by Crippen LogP contribution is -2.42. The molecule has 90 valence electrons. The van der Waals surface area contributed by atoms with Gasteiger partial charge in [-0.15, -0.1) is 11.3 Å². The summed E-state index contributed by atoms with van der Waals surface area (Å²) in [6.45, 7) is 5.99. The molecule has 2 N–H and O–H groups in total. The van der Waals surface area contributed by atoms with Gasteiger partial charge in [0.15, 0.2) is 0 Å². The topological polar surface area (TPSA) is 49.3 Å². The zero-order valence-electron chi connectivity index (χ0n) is 9.99. The second kappa shape index (κ2) is 6.01. The molecule has 0 amide bonds. The predicted molar refractivity (Wildman–Crippen MR) is 67.1 cm³/mol. The summed E-state index contributed by atoms with van der Waals surface area (Å²) in [4.78, 5) is 13.5. The second-order valence-corrected chi connectivity index (χ2v) is 5.46. The van der Waals surface area contributed by atoms with E-state index in [0.717, 1.165) is 6.42 Å². The Kier molecular flexibility index (Phi) is 4.96. The lowest BCUT2D eigenvalue weighted by atomic mass is 10.1. The van der Waals surface area contributed by atoms with Crippen LogP contribution >= 0.6 is 11.3 Å². The van der Waals surface area contributed by atoms with E-state index in [-0.39, 0.29) is 6.04 Å². The second-order valence-electron chi connectivity index (χ2n) is 4.08. The van der Waals surface area contributed by atoms with E-state index in [0.29, 0.717) is 6.42 Å². The Labute approximate surface area is 100 Å². The van der Waals surface area contributed by atoms with Gasteiger partial charge in [-0.3, -0.25) is 4.79 Å². The molecule has 0 aliphatic heterocycles. The molecule has 16 heavy (non-hydrogen) atoms. The van der Waals surface area contributed by atoms with Crippen LogP contribution in [0.15, 0.2) is 12.1 Å². The first-order chi connectivity index (χ1) is 7.52. The summed E-state index contributed by atoms with van der Waals surface area (Å²) in [5.74, 6) is -0.767. The maximum absolute atomic E-state index is 10.9. The average Bonchev–Trinajstić information content (AvgIpc) is 2.60. The van der Waals surface area contributed by atoms with Crippen molar-refractivity contribution in [1.29, 1.82) is 0 Å². The van der Waals surface area contributed by atoms with Crippen molar-refractivity contribution >= 4 is 17.3 Å². The lowest BCUT2D eigenvalue weighted by Gasteiger charge is -2.18. The Morgan fingerprint density at radius 1 is 1.56 bits per heavy atom. The van der Waals surface area contributed by atoms with E-state index in [1.54, 1.807) is 11.3 Å². The molecule has 0 aromatic carbocycles. The fourth-order valence-electron chi connectivity index (χ4n) is 1.66. The monoisotopic (exact) mass is 241 g/mol. The lowest BCUT2D eigenvalue weighted by molar-refractivity contribution is -0.139. The first-order valence-corrected chi connectivity index (χ1v) is 6.38. The van der Waals surface area contributed by atoms with Crippen molar-refractivity contribution in [3.8, 4) is 0 Å². The number of aliphatic carboxylic acids is 1. The molecule has 0 saturated heterocycles. The van der Waals surface area contributed by atoms with Crippen LogP contribution in [-0.4, -0.2) is 23.2 Å². The van der Waals surface area contributed by atoms with Crippen molar-refractivity contribution in [3.63, 3.8) is 0 Å². The van der Waals surface area contributed by atoms with Crippen molar-refractivity contribution in [1.82, 2.24) is 5.32 Å². The number of nitrogens with one attached hydrogen (secondary N) is 1. The third-order valence-corrected chi connectivity index (χ3v) is 3.52. The molecular formula is C12H19NO2S. The summed E-state index contributed by atoms with van der Waals surface area (Å²) in [6.07, 6.45) is 1.51. The SMILES string of the molecule is CCC(NC(C)Cc1ccc(C)s1)C(=O)O. The van der Waals surface area contributed by atoms with Gasteiger partial charge in [0.2, 0.25) is 0 Å². The maximum Gasteiger partial charge on any atom is 0.320 e. The summed E-state index contributed by atoms with van der Waals surface area (Å²) >= 11 is 1.77. The van der Waals surface area contributed by atoms with E-state index in [2.05, 4.69) is 24.4 Å². The van der Waals surface area contributed by atoms with Crippen LogP contribution in [0.5, 0.6) is 0 Å². The van der Waals surface area contributed by atoms with E-state index >= 15 is 0 Å². The molecule has 0 bridgehead atoms. The van der Waals surface area contributed by atoms with Gasteiger partial charge >= 0.3 is 5.97 Å². The average molecular weight is 241 g/mol. The highest BCUT2D eigenvalue weighted by molar-refractivity contribution is 7.11. The molecule has 0 fully saturated rings. The third kappa shape index (κ3) is 3.94. The summed E-state index contributed by atoms with van der Waals surface area (Å²) in [5, 5.41) is 12.1. The van der Waals surface area contributed by atoms with Gasteiger partial charge in [-0.1, -0.05) is 6.92 Å². The molecule has 0 aliphatic carbocycles. The molecule has 1 aromatic rings. The Balaban J connectivity index is 2.46. The zero-order chi connectivity index (χ0) is 12.1. The number of thiophene rings is 1. The van der Waals surface area contributed by atoms with Gasteiger partial charge in [0.05, 0.1) is 0 Å². The number of carbonyl (C=O) groups is 1. The molecule has 3 nitrogen and oxygen atoms in total. The number of carboxylic acids is 1. The highest BCUT2D eigenvalue weighted by atomic mass is 32.1. The third-order valence-electron chi connectivity index (χ3n) is 2.50. The molecule has 0 saturated carbocycles. The van der Waals surface area contributed by atoms with E-state index in [4.69, 9.17) is 5.11 Å². The predicted octanol–water partition coefficient (Wildman–Crippen LogP) is 2.44. The van der Waals surface area contributed by atoms with Crippen LogP contribution in [-0.2, 0) is 11.2 Å². The van der Waals surface area contributed by atoms with Crippen LogP contribution in [0.25, 0.3) is 0 Å². The van der Waals surface area contributed by atoms with E-state index in [9.17, 15) is 4.79 Å². The Bertz CT molecular complexity index is 349. The molecule has 2 unspecified atom stereocenters. The van der Waals surface area contributed by atoms with Crippen molar-refractivity contribution in [2.45, 2.75) is 45.7 Å². The van der Waals surface area contributed by atoms with Gasteiger partial charge in [0.1, 0.15) is 6.04 Å². The molecule has 1 rings (SSSR count). The van der Waals surface area contributed by atoms with Crippen LogP contribution in [0.4, 0.5) is 0 Å². The molecule has 4 heteroatoms. The maximum atomic E-state index is 10.9. The molecular weight excluding hydrogens is 222 g/mol. The Morgan fingerprint density at radius 2 is 2.25 bits per heavy atom. The van der Waals surface area contributed by atoms with Gasteiger partial charge < -0.3 is 10.4 Å². The molecule has 1 aromatic heterocycles. The summed E-state index contributed by atoms with van der Waals surface area (Å²) in [5.41, 5.74) is 0. The van der Waals surface area contributed by atoms with Gasteiger partial charge in [0.25, 0.3) is 0 Å². The number of hydrogen-bond acceptors (Lipinski definition) is 3. The number of carboxylic acid groups (broad SMARTS) is 1. The van der Waals surface area contributed by atoms with Gasteiger partial charge in [-0.2, -0.15) is 0 Å². The smallest absolute Gasteiger partial charge is 0.320 e. The van der Waals surface area contributed by atoms with Crippen LogP contribution in [0, 0.1) is 6.92 Å². The van der Waals surface area contributed by atoms with E-state index in [1.807, 2.05) is 13.8 Å².